The van der Waals surface area contributed by atoms with Crippen LogP contribution in [0.1, 0.15) is 10.5 Å². The van der Waals surface area contributed by atoms with Crippen LogP contribution in [0.4, 0.5) is 0 Å². The number of hydrogen-bond donors (Lipinski definition) is 1. The highest BCUT2D eigenvalue weighted by atomic mass is 35.5. The molecule has 0 saturated heterocycles. The summed E-state index contributed by atoms with van der Waals surface area (Å²) in [5.74, 6) is -0.267. The summed E-state index contributed by atoms with van der Waals surface area (Å²) in [5.41, 5.74) is 5.90. The van der Waals surface area contributed by atoms with E-state index in [2.05, 4.69) is 5.10 Å². The van der Waals surface area contributed by atoms with E-state index in [1.807, 2.05) is 0 Å². The van der Waals surface area contributed by atoms with Gasteiger partial charge in [0.15, 0.2) is 0 Å². The zero-order valence-corrected chi connectivity index (χ0v) is 8.78. The summed E-state index contributed by atoms with van der Waals surface area (Å²) in [7, 11) is 3.12. The van der Waals surface area contributed by atoms with Crippen LogP contribution in [0, 0.1) is 0 Å². The molecular formula is C8H12ClN3O2. The lowest BCUT2D eigenvalue weighted by Gasteiger charge is -2.09. The highest BCUT2D eigenvalue weighted by molar-refractivity contribution is 6.33. The van der Waals surface area contributed by atoms with Gasteiger partial charge >= 0.3 is 0 Å². The van der Waals surface area contributed by atoms with Crippen LogP contribution in [0.5, 0.6) is 0 Å². The SMILES string of the molecule is COCC(N)C(=O)c1c(Cl)cnn1C. The average Bonchev–Trinajstić information content (AvgIpc) is 2.46. The lowest BCUT2D eigenvalue weighted by Crippen LogP contribution is -2.36. The summed E-state index contributed by atoms with van der Waals surface area (Å²) in [4.78, 5) is 11.7. The van der Waals surface area contributed by atoms with Gasteiger partial charge in [-0.15, -0.1) is 0 Å². The number of carbonyl (C=O) groups is 1. The van der Waals surface area contributed by atoms with Crippen LogP contribution in [-0.4, -0.2) is 35.3 Å². The molecule has 1 aromatic rings. The minimum atomic E-state index is -0.701. The van der Waals surface area contributed by atoms with Crippen molar-refractivity contribution in [3.8, 4) is 0 Å². The summed E-state index contributed by atoms with van der Waals surface area (Å²) < 4.78 is 6.19. The molecule has 0 aliphatic carbocycles. The van der Waals surface area contributed by atoms with Crippen molar-refractivity contribution in [2.24, 2.45) is 12.8 Å². The Labute approximate surface area is 86.8 Å². The number of ether oxygens (including phenoxy) is 1. The van der Waals surface area contributed by atoms with Crippen molar-refractivity contribution in [2.45, 2.75) is 6.04 Å². The molecule has 0 radical (unpaired) electrons. The molecule has 1 aromatic heterocycles. The first-order valence-corrected chi connectivity index (χ1v) is 4.42. The third kappa shape index (κ3) is 2.12. The van der Waals surface area contributed by atoms with Crippen molar-refractivity contribution < 1.29 is 9.53 Å². The van der Waals surface area contributed by atoms with Crippen molar-refractivity contribution in [2.75, 3.05) is 13.7 Å². The van der Waals surface area contributed by atoms with Gasteiger partial charge in [0.05, 0.1) is 23.9 Å². The van der Waals surface area contributed by atoms with Gasteiger partial charge in [0.2, 0.25) is 5.78 Å². The van der Waals surface area contributed by atoms with Crippen molar-refractivity contribution in [3.63, 3.8) is 0 Å². The summed E-state index contributed by atoms with van der Waals surface area (Å²) in [5, 5.41) is 4.16. The predicted octanol–water partition coefficient (Wildman–Crippen LogP) is 0.230. The molecule has 6 heteroatoms. The van der Waals surface area contributed by atoms with Crippen LogP contribution in [0.2, 0.25) is 5.02 Å². The molecule has 0 aliphatic heterocycles. The number of carbonyl (C=O) groups excluding carboxylic acids is 1. The molecule has 0 saturated carbocycles. The molecule has 0 amide bonds. The monoisotopic (exact) mass is 217 g/mol. The van der Waals surface area contributed by atoms with E-state index in [4.69, 9.17) is 22.1 Å². The maximum Gasteiger partial charge on any atom is 0.201 e. The van der Waals surface area contributed by atoms with E-state index < -0.39 is 6.04 Å². The lowest BCUT2D eigenvalue weighted by atomic mass is 10.1. The zero-order chi connectivity index (χ0) is 10.7. The molecule has 1 atom stereocenters. The molecule has 0 bridgehead atoms. The summed E-state index contributed by atoms with van der Waals surface area (Å²) in [6.07, 6.45) is 1.41. The Balaban J connectivity index is 2.88. The lowest BCUT2D eigenvalue weighted by molar-refractivity contribution is 0.0883. The van der Waals surface area contributed by atoms with E-state index >= 15 is 0 Å². The Hall–Kier alpha value is -0.910. The van der Waals surface area contributed by atoms with Gasteiger partial charge < -0.3 is 10.5 Å². The molecule has 14 heavy (non-hydrogen) atoms. The number of aryl methyl sites for hydroxylation is 1. The standard InChI is InChI=1S/C8H12ClN3O2/c1-12-7(5(9)3-11-12)8(13)6(10)4-14-2/h3,6H,4,10H2,1-2H3. The third-order valence-electron chi connectivity index (χ3n) is 1.81. The molecule has 0 fully saturated rings. The number of aromatic nitrogens is 2. The Morgan fingerprint density at radius 1 is 1.86 bits per heavy atom. The maximum atomic E-state index is 11.7. The Kier molecular flexibility index (Phi) is 3.62. The van der Waals surface area contributed by atoms with E-state index in [1.165, 1.54) is 18.0 Å². The minimum absolute atomic E-state index is 0.167. The Bertz CT molecular complexity index is 318. The van der Waals surface area contributed by atoms with E-state index in [-0.39, 0.29) is 12.4 Å². The number of ketones is 1. The van der Waals surface area contributed by atoms with Crippen LogP contribution < -0.4 is 5.73 Å². The molecule has 2 N–H and O–H groups in total. The molecule has 0 aromatic carbocycles. The third-order valence-corrected chi connectivity index (χ3v) is 2.09. The second kappa shape index (κ2) is 4.54. The number of rotatable bonds is 4. The van der Waals surface area contributed by atoms with E-state index in [0.29, 0.717) is 10.7 Å². The number of halogens is 1. The van der Waals surface area contributed by atoms with Gasteiger partial charge in [0.1, 0.15) is 5.69 Å². The average molecular weight is 218 g/mol. The highest BCUT2D eigenvalue weighted by Crippen LogP contribution is 2.15. The van der Waals surface area contributed by atoms with Crippen molar-refractivity contribution >= 4 is 17.4 Å². The van der Waals surface area contributed by atoms with Gasteiger partial charge in [-0.3, -0.25) is 9.48 Å². The van der Waals surface area contributed by atoms with Crippen LogP contribution in [0.3, 0.4) is 0 Å². The molecular weight excluding hydrogens is 206 g/mol. The van der Waals surface area contributed by atoms with Crippen LogP contribution in [-0.2, 0) is 11.8 Å². The van der Waals surface area contributed by atoms with Crippen LogP contribution in [0.15, 0.2) is 6.20 Å². The molecule has 1 rings (SSSR count). The fourth-order valence-electron chi connectivity index (χ4n) is 1.12. The summed E-state index contributed by atoms with van der Waals surface area (Å²) in [6, 6.07) is -0.701. The summed E-state index contributed by atoms with van der Waals surface area (Å²) >= 11 is 5.78. The maximum absolute atomic E-state index is 11.7. The molecule has 1 heterocycles. The first-order chi connectivity index (χ1) is 6.57. The second-order valence-corrected chi connectivity index (χ2v) is 3.30. The number of methoxy groups -OCH3 is 1. The van der Waals surface area contributed by atoms with Gasteiger partial charge in [-0.25, -0.2) is 0 Å². The second-order valence-electron chi connectivity index (χ2n) is 2.89. The van der Waals surface area contributed by atoms with E-state index in [0.717, 1.165) is 0 Å². The number of hydrogen-bond acceptors (Lipinski definition) is 4. The molecule has 0 aliphatic rings. The Morgan fingerprint density at radius 3 is 2.93 bits per heavy atom. The van der Waals surface area contributed by atoms with Crippen molar-refractivity contribution in [1.29, 1.82) is 0 Å². The Morgan fingerprint density at radius 2 is 2.50 bits per heavy atom. The first-order valence-electron chi connectivity index (χ1n) is 4.04. The molecule has 0 spiro atoms. The topological polar surface area (TPSA) is 70.1 Å². The smallest absolute Gasteiger partial charge is 0.201 e. The van der Waals surface area contributed by atoms with Crippen molar-refractivity contribution in [1.82, 2.24) is 9.78 Å². The van der Waals surface area contributed by atoms with Gasteiger partial charge in [-0.1, -0.05) is 11.6 Å². The van der Waals surface area contributed by atoms with E-state index in [9.17, 15) is 4.79 Å². The number of nitrogens with two attached hydrogens (primary N) is 1. The fourth-order valence-corrected chi connectivity index (χ4v) is 1.38. The number of nitrogens with zero attached hydrogens (tertiary/aromatic N) is 2. The largest absolute Gasteiger partial charge is 0.383 e. The predicted molar refractivity (Wildman–Crippen MR) is 52.4 cm³/mol. The summed E-state index contributed by atoms with van der Waals surface area (Å²) in [6.45, 7) is 0.167. The molecule has 78 valence electrons. The fraction of sp³-hybridized carbons (Fsp3) is 0.500. The highest BCUT2D eigenvalue weighted by Gasteiger charge is 2.21. The zero-order valence-electron chi connectivity index (χ0n) is 8.03. The molecule has 1 unspecified atom stereocenters. The van der Waals surface area contributed by atoms with Gasteiger partial charge in [0.25, 0.3) is 0 Å². The quantitative estimate of drug-likeness (QED) is 0.733. The van der Waals surface area contributed by atoms with Gasteiger partial charge in [-0.2, -0.15) is 5.10 Å². The normalized spacial score (nSPS) is 12.9. The number of Topliss-reactive ketones (excluding diaryl/α,β-unsaturated/α-hetero) is 1. The van der Waals surface area contributed by atoms with Crippen LogP contribution in [0.25, 0.3) is 0 Å². The van der Waals surface area contributed by atoms with Crippen molar-refractivity contribution in [3.05, 3.63) is 16.9 Å². The minimum Gasteiger partial charge on any atom is -0.383 e. The van der Waals surface area contributed by atoms with Gasteiger partial charge in [-0.05, 0) is 0 Å². The first kappa shape index (κ1) is 11.2. The van der Waals surface area contributed by atoms with Crippen LogP contribution >= 0.6 is 11.6 Å². The van der Waals surface area contributed by atoms with E-state index in [1.54, 1.807) is 7.05 Å². The molecule has 5 nitrogen and oxygen atoms in total. The van der Waals surface area contributed by atoms with Gasteiger partial charge in [0, 0.05) is 14.2 Å².